The second-order valence-electron chi connectivity index (χ2n) is 16.5. The molecule has 0 aliphatic rings. The van der Waals surface area contributed by atoms with Crippen LogP contribution in [0.5, 0.6) is 0 Å². The average Bonchev–Trinajstić information content (AvgIpc) is 3.09. The molecule has 51 heavy (non-hydrogen) atoms. The molecule has 0 aliphatic carbocycles. The molecule has 0 saturated carbocycles. The standard InChI is InChI=1S/C45H86O6/c1-7-41(6)33-27-21-17-18-24-30-36-45(48)51-42(38-50-44(47)35-29-23-16-12-14-20-26-32-40(4)5)37-49-43(46)34-28-22-15-11-9-8-10-13-19-25-31-39(2)3/h39-42H,7-38H2,1-6H3/t41?,42-/m1/s1. The molecule has 0 saturated heterocycles. The Kier molecular flexibility index (Phi) is 35.6. The van der Waals surface area contributed by atoms with Gasteiger partial charge in [-0.15, -0.1) is 0 Å². The zero-order valence-corrected chi connectivity index (χ0v) is 34.9. The second kappa shape index (κ2) is 36.8. The molecule has 0 rings (SSSR count). The fourth-order valence-corrected chi connectivity index (χ4v) is 6.49. The minimum Gasteiger partial charge on any atom is -0.462 e. The van der Waals surface area contributed by atoms with Crippen molar-refractivity contribution in [2.45, 2.75) is 240 Å². The maximum atomic E-state index is 12.7. The highest BCUT2D eigenvalue weighted by molar-refractivity contribution is 5.71. The fraction of sp³-hybridized carbons (Fsp3) is 0.933. The summed E-state index contributed by atoms with van der Waals surface area (Å²) in [5.41, 5.74) is 0. The Morgan fingerprint density at radius 1 is 0.392 bits per heavy atom. The summed E-state index contributed by atoms with van der Waals surface area (Å²) in [5.74, 6) is 1.54. The van der Waals surface area contributed by atoms with Crippen LogP contribution in [0.1, 0.15) is 234 Å². The van der Waals surface area contributed by atoms with Gasteiger partial charge in [0.05, 0.1) is 0 Å². The van der Waals surface area contributed by atoms with Gasteiger partial charge in [-0.1, -0.05) is 196 Å². The first-order chi connectivity index (χ1) is 24.6. The highest BCUT2D eigenvalue weighted by Gasteiger charge is 2.19. The van der Waals surface area contributed by atoms with Gasteiger partial charge in [-0.05, 0) is 37.0 Å². The molecule has 0 aliphatic heterocycles. The monoisotopic (exact) mass is 723 g/mol. The van der Waals surface area contributed by atoms with Crippen molar-refractivity contribution in [3.05, 3.63) is 0 Å². The third-order valence-electron chi connectivity index (χ3n) is 10.3. The van der Waals surface area contributed by atoms with E-state index < -0.39 is 6.10 Å². The number of carbonyl (C=O) groups is 3. The van der Waals surface area contributed by atoms with Crippen LogP contribution in [0.15, 0.2) is 0 Å². The van der Waals surface area contributed by atoms with Gasteiger partial charge in [-0.2, -0.15) is 0 Å². The molecule has 0 aromatic carbocycles. The Hall–Kier alpha value is -1.59. The summed E-state index contributed by atoms with van der Waals surface area (Å²) in [5, 5.41) is 0. The second-order valence-corrected chi connectivity index (χ2v) is 16.5. The highest BCUT2D eigenvalue weighted by atomic mass is 16.6. The lowest BCUT2D eigenvalue weighted by molar-refractivity contribution is -0.167. The summed E-state index contributed by atoms with van der Waals surface area (Å²) in [6.07, 6.45) is 32.4. The van der Waals surface area contributed by atoms with E-state index in [4.69, 9.17) is 14.2 Å². The Bertz CT molecular complexity index is 794. The Labute approximate surface area is 317 Å². The van der Waals surface area contributed by atoms with Crippen molar-refractivity contribution in [3.8, 4) is 0 Å². The number of hydrogen-bond acceptors (Lipinski definition) is 6. The first kappa shape index (κ1) is 49.4. The van der Waals surface area contributed by atoms with Gasteiger partial charge in [0.25, 0.3) is 0 Å². The fourth-order valence-electron chi connectivity index (χ4n) is 6.49. The van der Waals surface area contributed by atoms with Gasteiger partial charge in [-0.3, -0.25) is 14.4 Å². The third kappa shape index (κ3) is 38.0. The summed E-state index contributed by atoms with van der Waals surface area (Å²) >= 11 is 0. The Morgan fingerprint density at radius 3 is 1.02 bits per heavy atom. The zero-order valence-electron chi connectivity index (χ0n) is 34.9. The summed E-state index contributed by atoms with van der Waals surface area (Å²) < 4.78 is 16.7. The van der Waals surface area contributed by atoms with Crippen molar-refractivity contribution in [3.63, 3.8) is 0 Å². The summed E-state index contributed by atoms with van der Waals surface area (Å²) in [6.45, 7) is 13.6. The molecule has 6 heteroatoms. The molecule has 0 aromatic heterocycles. The molecule has 0 spiro atoms. The summed E-state index contributed by atoms with van der Waals surface area (Å²) in [6, 6.07) is 0. The lowest BCUT2D eigenvalue weighted by Gasteiger charge is -2.18. The maximum Gasteiger partial charge on any atom is 0.306 e. The van der Waals surface area contributed by atoms with Gasteiger partial charge < -0.3 is 14.2 Å². The minimum absolute atomic E-state index is 0.0674. The predicted molar refractivity (Wildman–Crippen MR) is 215 cm³/mol. The van der Waals surface area contributed by atoms with E-state index in [9.17, 15) is 14.4 Å². The average molecular weight is 723 g/mol. The number of unbranched alkanes of at least 4 members (excludes halogenated alkanes) is 20. The van der Waals surface area contributed by atoms with Crippen LogP contribution in [0.3, 0.4) is 0 Å². The number of ether oxygens (including phenoxy) is 3. The largest absolute Gasteiger partial charge is 0.462 e. The van der Waals surface area contributed by atoms with Gasteiger partial charge in [0.1, 0.15) is 13.2 Å². The molecule has 0 N–H and O–H groups in total. The van der Waals surface area contributed by atoms with Crippen LogP contribution in [0, 0.1) is 17.8 Å². The zero-order chi connectivity index (χ0) is 37.8. The molecule has 0 bridgehead atoms. The first-order valence-corrected chi connectivity index (χ1v) is 22.1. The molecule has 0 amide bonds. The van der Waals surface area contributed by atoms with Gasteiger partial charge >= 0.3 is 17.9 Å². The van der Waals surface area contributed by atoms with Crippen LogP contribution >= 0.6 is 0 Å². The number of hydrogen-bond donors (Lipinski definition) is 0. The molecular formula is C45H86O6. The van der Waals surface area contributed by atoms with Crippen LogP contribution in [0.25, 0.3) is 0 Å². The smallest absolute Gasteiger partial charge is 0.306 e. The van der Waals surface area contributed by atoms with Crippen molar-refractivity contribution >= 4 is 17.9 Å². The number of carbonyl (C=O) groups excluding carboxylic acids is 3. The molecule has 0 fully saturated rings. The van der Waals surface area contributed by atoms with Crippen molar-refractivity contribution in [2.24, 2.45) is 17.8 Å². The Balaban J connectivity index is 4.35. The van der Waals surface area contributed by atoms with E-state index in [1.165, 1.54) is 116 Å². The van der Waals surface area contributed by atoms with E-state index in [2.05, 4.69) is 41.5 Å². The SMILES string of the molecule is CCC(C)CCCCCCCCC(=O)O[C@H](COC(=O)CCCCCCCCCCCCC(C)C)COC(=O)CCCCCCCCCC(C)C. The number of rotatable bonds is 38. The van der Waals surface area contributed by atoms with Crippen LogP contribution in [0.4, 0.5) is 0 Å². The molecule has 302 valence electrons. The van der Waals surface area contributed by atoms with E-state index in [0.717, 1.165) is 75.5 Å². The van der Waals surface area contributed by atoms with Crippen molar-refractivity contribution in [1.82, 2.24) is 0 Å². The van der Waals surface area contributed by atoms with Gasteiger partial charge in [0, 0.05) is 19.3 Å². The molecule has 0 aromatic rings. The number of esters is 3. The predicted octanol–water partition coefficient (Wildman–Crippen LogP) is 13.7. The van der Waals surface area contributed by atoms with Crippen molar-refractivity contribution < 1.29 is 28.6 Å². The van der Waals surface area contributed by atoms with Crippen LogP contribution in [-0.2, 0) is 28.6 Å². The molecule has 6 nitrogen and oxygen atoms in total. The molecule has 1 unspecified atom stereocenters. The topological polar surface area (TPSA) is 78.9 Å². The van der Waals surface area contributed by atoms with Crippen LogP contribution in [0.2, 0.25) is 0 Å². The summed E-state index contributed by atoms with van der Waals surface area (Å²) in [7, 11) is 0. The lowest BCUT2D eigenvalue weighted by atomic mass is 10.00. The van der Waals surface area contributed by atoms with E-state index in [0.29, 0.717) is 19.3 Å². The van der Waals surface area contributed by atoms with Crippen LogP contribution in [-0.4, -0.2) is 37.2 Å². The molecule has 0 heterocycles. The molecule has 2 atom stereocenters. The van der Waals surface area contributed by atoms with Gasteiger partial charge in [-0.25, -0.2) is 0 Å². The van der Waals surface area contributed by atoms with E-state index in [1.54, 1.807) is 0 Å². The quantitative estimate of drug-likeness (QED) is 0.0359. The highest BCUT2D eigenvalue weighted by Crippen LogP contribution is 2.17. The molecular weight excluding hydrogens is 636 g/mol. The lowest BCUT2D eigenvalue weighted by Crippen LogP contribution is -2.30. The minimum atomic E-state index is -0.762. The van der Waals surface area contributed by atoms with Crippen LogP contribution < -0.4 is 0 Å². The van der Waals surface area contributed by atoms with E-state index >= 15 is 0 Å². The van der Waals surface area contributed by atoms with E-state index in [-0.39, 0.29) is 31.1 Å². The summed E-state index contributed by atoms with van der Waals surface area (Å²) in [4.78, 5) is 37.6. The third-order valence-corrected chi connectivity index (χ3v) is 10.3. The van der Waals surface area contributed by atoms with Crippen molar-refractivity contribution in [1.29, 1.82) is 0 Å². The van der Waals surface area contributed by atoms with E-state index in [1.807, 2.05) is 0 Å². The van der Waals surface area contributed by atoms with Gasteiger partial charge in [0.2, 0.25) is 0 Å². The Morgan fingerprint density at radius 2 is 0.686 bits per heavy atom. The first-order valence-electron chi connectivity index (χ1n) is 22.1. The van der Waals surface area contributed by atoms with Gasteiger partial charge in [0.15, 0.2) is 6.10 Å². The van der Waals surface area contributed by atoms with Crippen molar-refractivity contribution in [2.75, 3.05) is 13.2 Å². The normalized spacial score (nSPS) is 12.7. The molecule has 0 radical (unpaired) electrons. The maximum absolute atomic E-state index is 12.7.